The van der Waals surface area contributed by atoms with Gasteiger partial charge in [-0.05, 0) is 12.1 Å². The van der Waals surface area contributed by atoms with E-state index in [0.29, 0.717) is 6.61 Å². The first-order valence-corrected chi connectivity index (χ1v) is 5.11. The second-order valence-corrected chi connectivity index (χ2v) is 4.01. The maximum Gasteiger partial charge on any atom is 0.0731 e. The monoisotopic (exact) mass is 254 g/mol. The van der Waals surface area contributed by atoms with Crippen molar-refractivity contribution in [2.75, 3.05) is 7.11 Å². The topological polar surface area (TPSA) is 27.1 Å². The first-order valence-electron chi connectivity index (χ1n) is 4.32. The zero-order chi connectivity index (χ0) is 10.1. The highest BCUT2D eigenvalue weighted by Gasteiger charge is 2.08. The minimum atomic E-state index is 0.601. The fourth-order valence-corrected chi connectivity index (χ4v) is 2.01. The van der Waals surface area contributed by atoms with Crippen LogP contribution in [0.1, 0.15) is 5.56 Å². The third kappa shape index (κ3) is 1.44. The summed E-state index contributed by atoms with van der Waals surface area (Å²) in [6, 6.07) is 4.07. The summed E-state index contributed by atoms with van der Waals surface area (Å²) in [6.07, 6.45) is 1.87. The highest BCUT2D eigenvalue weighted by atomic mass is 79.9. The molecule has 3 nitrogen and oxygen atoms in total. The van der Waals surface area contributed by atoms with E-state index >= 15 is 0 Å². The van der Waals surface area contributed by atoms with E-state index in [-0.39, 0.29) is 0 Å². The van der Waals surface area contributed by atoms with Crippen LogP contribution in [-0.2, 0) is 18.4 Å². The number of ether oxygens (including phenoxy) is 1. The van der Waals surface area contributed by atoms with Gasteiger partial charge in [-0.15, -0.1) is 0 Å². The van der Waals surface area contributed by atoms with E-state index in [0.717, 1.165) is 20.9 Å². The van der Waals surface area contributed by atoms with Crippen LogP contribution >= 0.6 is 15.9 Å². The minimum Gasteiger partial charge on any atom is -0.380 e. The average Bonchev–Trinajstić information content (AvgIpc) is 2.53. The number of fused-ring (bicyclic) bond motifs is 1. The molecule has 1 aromatic carbocycles. The predicted molar refractivity (Wildman–Crippen MR) is 59.1 cm³/mol. The Labute approximate surface area is 90.8 Å². The van der Waals surface area contributed by atoms with E-state index in [1.54, 1.807) is 7.11 Å². The molecule has 2 aromatic rings. The van der Waals surface area contributed by atoms with Gasteiger partial charge in [-0.3, -0.25) is 4.68 Å². The Morgan fingerprint density at radius 2 is 2.29 bits per heavy atom. The van der Waals surface area contributed by atoms with Crippen molar-refractivity contribution in [2.45, 2.75) is 6.61 Å². The second-order valence-electron chi connectivity index (χ2n) is 3.16. The lowest BCUT2D eigenvalue weighted by atomic mass is 10.1. The summed E-state index contributed by atoms with van der Waals surface area (Å²) in [7, 11) is 3.63. The number of methoxy groups -OCH3 is 1. The third-order valence-corrected chi connectivity index (χ3v) is 3.02. The van der Waals surface area contributed by atoms with Crippen LogP contribution in [0.15, 0.2) is 22.8 Å². The molecule has 0 spiro atoms. The Kier molecular flexibility index (Phi) is 2.56. The quantitative estimate of drug-likeness (QED) is 0.824. The van der Waals surface area contributed by atoms with E-state index in [9.17, 15) is 0 Å². The lowest BCUT2D eigenvalue weighted by Crippen LogP contribution is -1.92. The van der Waals surface area contributed by atoms with Crippen molar-refractivity contribution in [3.05, 3.63) is 28.4 Å². The number of halogens is 1. The molecule has 74 valence electrons. The molecule has 1 aromatic heterocycles. The van der Waals surface area contributed by atoms with Gasteiger partial charge in [0.15, 0.2) is 0 Å². The Balaban J connectivity index is 2.70. The van der Waals surface area contributed by atoms with Crippen molar-refractivity contribution < 1.29 is 4.74 Å². The Morgan fingerprint density at radius 3 is 3.00 bits per heavy atom. The van der Waals surface area contributed by atoms with Crippen molar-refractivity contribution in [3.8, 4) is 0 Å². The zero-order valence-corrected chi connectivity index (χ0v) is 9.71. The van der Waals surface area contributed by atoms with Gasteiger partial charge in [0.25, 0.3) is 0 Å². The number of benzene rings is 1. The molecule has 0 aliphatic rings. The lowest BCUT2D eigenvalue weighted by Gasteiger charge is -2.04. The Hall–Kier alpha value is -0.870. The molecular weight excluding hydrogens is 244 g/mol. The smallest absolute Gasteiger partial charge is 0.0731 e. The van der Waals surface area contributed by atoms with Crippen molar-refractivity contribution in [1.29, 1.82) is 0 Å². The molecule has 0 bridgehead atoms. The second kappa shape index (κ2) is 3.71. The van der Waals surface area contributed by atoms with Crippen molar-refractivity contribution >= 4 is 26.8 Å². The summed E-state index contributed by atoms with van der Waals surface area (Å²) in [5.74, 6) is 0. The Morgan fingerprint density at radius 1 is 1.50 bits per heavy atom. The molecule has 0 saturated heterocycles. The number of hydrogen-bond acceptors (Lipinski definition) is 2. The molecule has 0 fully saturated rings. The van der Waals surface area contributed by atoms with Gasteiger partial charge in [0, 0.05) is 29.6 Å². The first-order chi connectivity index (χ1) is 6.74. The van der Waals surface area contributed by atoms with Crippen LogP contribution < -0.4 is 0 Å². The van der Waals surface area contributed by atoms with Gasteiger partial charge in [-0.1, -0.05) is 15.9 Å². The largest absolute Gasteiger partial charge is 0.380 e. The molecule has 0 atom stereocenters. The summed E-state index contributed by atoms with van der Waals surface area (Å²) in [6.45, 7) is 0.601. The van der Waals surface area contributed by atoms with Crippen LogP contribution in [0.2, 0.25) is 0 Å². The molecule has 0 aliphatic carbocycles. The molecule has 2 rings (SSSR count). The fourth-order valence-electron chi connectivity index (χ4n) is 1.55. The summed E-state index contributed by atoms with van der Waals surface area (Å²) >= 11 is 3.51. The zero-order valence-electron chi connectivity index (χ0n) is 8.12. The molecule has 0 N–H and O–H groups in total. The van der Waals surface area contributed by atoms with Gasteiger partial charge >= 0.3 is 0 Å². The number of aromatic nitrogens is 2. The van der Waals surface area contributed by atoms with Crippen LogP contribution in [0.5, 0.6) is 0 Å². The van der Waals surface area contributed by atoms with Gasteiger partial charge < -0.3 is 4.74 Å². The number of hydrogen-bond donors (Lipinski definition) is 0. The third-order valence-electron chi connectivity index (χ3n) is 2.27. The molecular formula is C10H11BrN2O. The van der Waals surface area contributed by atoms with Gasteiger partial charge in [-0.2, -0.15) is 5.10 Å². The molecule has 0 aliphatic heterocycles. The molecule has 0 saturated carbocycles. The highest BCUT2D eigenvalue weighted by Crippen LogP contribution is 2.26. The lowest BCUT2D eigenvalue weighted by molar-refractivity contribution is 0.185. The molecule has 1 heterocycles. The summed E-state index contributed by atoms with van der Waals surface area (Å²) in [5.41, 5.74) is 2.28. The number of rotatable bonds is 2. The molecule has 0 radical (unpaired) electrons. The van der Waals surface area contributed by atoms with E-state index in [1.165, 1.54) is 0 Å². The van der Waals surface area contributed by atoms with Crippen LogP contribution in [0.3, 0.4) is 0 Å². The SMILES string of the molecule is COCc1c(Br)ccc2c1cnn2C. The van der Waals surface area contributed by atoms with Crippen LogP contribution in [-0.4, -0.2) is 16.9 Å². The van der Waals surface area contributed by atoms with E-state index in [2.05, 4.69) is 21.0 Å². The average molecular weight is 255 g/mol. The van der Waals surface area contributed by atoms with Gasteiger partial charge in [0.2, 0.25) is 0 Å². The van der Waals surface area contributed by atoms with Crippen molar-refractivity contribution in [1.82, 2.24) is 9.78 Å². The van der Waals surface area contributed by atoms with Gasteiger partial charge in [0.05, 0.1) is 18.3 Å². The highest BCUT2D eigenvalue weighted by molar-refractivity contribution is 9.10. The number of nitrogens with zero attached hydrogens (tertiary/aromatic N) is 2. The van der Waals surface area contributed by atoms with E-state index in [1.807, 2.05) is 30.1 Å². The van der Waals surface area contributed by atoms with Crippen LogP contribution in [0.4, 0.5) is 0 Å². The standard InChI is InChI=1S/C10H11BrN2O/c1-13-10-4-3-9(11)8(6-14-2)7(10)5-12-13/h3-5H,6H2,1-2H3. The maximum atomic E-state index is 5.16. The predicted octanol–water partition coefficient (Wildman–Crippen LogP) is 2.48. The van der Waals surface area contributed by atoms with E-state index in [4.69, 9.17) is 4.74 Å². The summed E-state index contributed by atoms with van der Waals surface area (Å²) < 4.78 is 8.09. The normalized spacial score (nSPS) is 11.1. The summed E-state index contributed by atoms with van der Waals surface area (Å²) in [5, 5.41) is 5.36. The maximum absolute atomic E-state index is 5.16. The van der Waals surface area contributed by atoms with Gasteiger partial charge in [0.1, 0.15) is 0 Å². The fraction of sp³-hybridized carbons (Fsp3) is 0.300. The molecule has 4 heteroatoms. The minimum absolute atomic E-state index is 0.601. The van der Waals surface area contributed by atoms with Crippen molar-refractivity contribution in [3.63, 3.8) is 0 Å². The molecule has 14 heavy (non-hydrogen) atoms. The molecule has 0 unspecified atom stereocenters. The number of aryl methyl sites for hydroxylation is 1. The van der Waals surface area contributed by atoms with Gasteiger partial charge in [-0.25, -0.2) is 0 Å². The molecule has 0 amide bonds. The van der Waals surface area contributed by atoms with Crippen LogP contribution in [0, 0.1) is 0 Å². The van der Waals surface area contributed by atoms with E-state index < -0.39 is 0 Å². The Bertz CT molecular complexity index is 464. The first kappa shape index (κ1) is 9.68. The summed E-state index contributed by atoms with van der Waals surface area (Å²) in [4.78, 5) is 0. The van der Waals surface area contributed by atoms with Crippen LogP contribution in [0.25, 0.3) is 10.9 Å². The van der Waals surface area contributed by atoms with Crippen molar-refractivity contribution in [2.24, 2.45) is 7.05 Å².